The monoisotopic (exact) mass is 155 g/mol. The van der Waals surface area contributed by atoms with Crippen molar-refractivity contribution < 1.29 is 9.32 Å². The molecule has 0 spiro atoms. The van der Waals surface area contributed by atoms with Crippen LogP contribution in [0, 0.1) is 0 Å². The van der Waals surface area contributed by atoms with Crippen molar-refractivity contribution in [1.82, 2.24) is 10.1 Å². The lowest BCUT2D eigenvalue weighted by Crippen LogP contribution is -2.27. The van der Waals surface area contributed by atoms with Gasteiger partial charge < -0.3 is 9.42 Å². The molecule has 0 radical (unpaired) electrons. The lowest BCUT2D eigenvalue weighted by atomic mass is 10.6. The number of hydrogen-bond donors (Lipinski definition) is 1. The van der Waals surface area contributed by atoms with Crippen molar-refractivity contribution in [3.8, 4) is 0 Å². The first-order chi connectivity index (χ1) is 5.20. The second-order valence-corrected chi connectivity index (χ2v) is 2.21. The third kappa shape index (κ3) is 1.96. The van der Waals surface area contributed by atoms with Gasteiger partial charge in [-0.15, -0.1) is 0 Å². The lowest BCUT2D eigenvalue weighted by Gasteiger charge is -2.08. The number of carbonyl (C=O) groups excluding carboxylic acids is 1. The number of nitrogens with zero attached hydrogens (tertiary/aromatic N) is 2. The van der Waals surface area contributed by atoms with Gasteiger partial charge in [-0.2, -0.15) is 0 Å². The van der Waals surface area contributed by atoms with Gasteiger partial charge in [0, 0.05) is 20.2 Å². The third-order valence-corrected chi connectivity index (χ3v) is 1.08. The van der Waals surface area contributed by atoms with Crippen molar-refractivity contribution in [3.05, 3.63) is 12.3 Å². The number of amides is 2. The second kappa shape index (κ2) is 3.05. The average Bonchev–Trinajstić information content (AvgIpc) is 2.39. The highest BCUT2D eigenvalue weighted by atomic mass is 16.5. The van der Waals surface area contributed by atoms with Gasteiger partial charge in [-0.1, -0.05) is 5.16 Å². The van der Waals surface area contributed by atoms with Gasteiger partial charge in [0.25, 0.3) is 0 Å². The molecule has 0 saturated carbocycles. The van der Waals surface area contributed by atoms with Gasteiger partial charge >= 0.3 is 6.03 Å². The first-order valence-corrected chi connectivity index (χ1v) is 3.09. The highest BCUT2D eigenvalue weighted by Crippen LogP contribution is 2.00. The van der Waals surface area contributed by atoms with Gasteiger partial charge in [0.1, 0.15) is 6.26 Å². The number of anilines is 1. The van der Waals surface area contributed by atoms with Crippen LogP contribution in [-0.4, -0.2) is 30.2 Å². The minimum Gasteiger partial charge on any atom is -0.363 e. The van der Waals surface area contributed by atoms with Crippen molar-refractivity contribution in [3.63, 3.8) is 0 Å². The Balaban J connectivity index is 2.50. The topological polar surface area (TPSA) is 58.4 Å². The normalized spacial score (nSPS) is 9.27. The molecule has 0 unspecified atom stereocenters. The Labute approximate surface area is 64.0 Å². The van der Waals surface area contributed by atoms with E-state index in [1.807, 2.05) is 0 Å². The van der Waals surface area contributed by atoms with Crippen LogP contribution in [0.25, 0.3) is 0 Å². The molecule has 0 aromatic carbocycles. The fraction of sp³-hybridized carbons (Fsp3) is 0.333. The molecule has 5 nitrogen and oxygen atoms in total. The van der Waals surface area contributed by atoms with Gasteiger partial charge in [-0.05, 0) is 0 Å². The predicted molar refractivity (Wildman–Crippen MR) is 39.2 cm³/mol. The summed E-state index contributed by atoms with van der Waals surface area (Å²) in [6.07, 6.45) is 1.39. The maximum atomic E-state index is 10.9. The summed E-state index contributed by atoms with van der Waals surface area (Å²) in [5.41, 5.74) is 0. The SMILES string of the molecule is CN(C)C(=O)Nc1ccon1. The van der Waals surface area contributed by atoms with E-state index in [0.717, 1.165) is 0 Å². The van der Waals surface area contributed by atoms with Crippen molar-refractivity contribution in [1.29, 1.82) is 0 Å². The van der Waals surface area contributed by atoms with Crippen LogP contribution in [0.4, 0.5) is 10.6 Å². The maximum absolute atomic E-state index is 10.9. The number of hydrogen-bond acceptors (Lipinski definition) is 3. The van der Waals surface area contributed by atoms with E-state index in [9.17, 15) is 4.79 Å². The van der Waals surface area contributed by atoms with Gasteiger partial charge in [0.05, 0.1) is 0 Å². The third-order valence-electron chi connectivity index (χ3n) is 1.08. The quantitative estimate of drug-likeness (QED) is 0.651. The fourth-order valence-electron chi connectivity index (χ4n) is 0.498. The zero-order valence-electron chi connectivity index (χ0n) is 6.37. The molecule has 5 heteroatoms. The smallest absolute Gasteiger partial charge is 0.322 e. The molecule has 60 valence electrons. The van der Waals surface area contributed by atoms with Crippen LogP contribution >= 0.6 is 0 Å². The molecular formula is C6H9N3O2. The van der Waals surface area contributed by atoms with Gasteiger partial charge in [-0.25, -0.2) is 4.79 Å². The van der Waals surface area contributed by atoms with Gasteiger partial charge in [-0.3, -0.25) is 5.32 Å². The van der Waals surface area contributed by atoms with E-state index in [1.54, 1.807) is 20.2 Å². The summed E-state index contributed by atoms with van der Waals surface area (Å²) in [5.74, 6) is 0.420. The standard InChI is InChI=1S/C6H9N3O2/c1-9(2)6(10)7-5-3-4-11-8-5/h3-4H,1-2H3,(H,7,8,10). The molecule has 0 aliphatic carbocycles. The van der Waals surface area contributed by atoms with Crippen LogP contribution in [0.2, 0.25) is 0 Å². The number of rotatable bonds is 1. The summed E-state index contributed by atoms with van der Waals surface area (Å²) in [7, 11) is 3.30. The molecule has 0 bridgehead atoms. The number of urea groups is 1. The molecule has 11 heavy (non-hydrogen) atoms. The first kappa shape index (κ1) is 7.59. The lowest BCUT2D eigenvalue weighted by molar-refractivity contribution is 0.230. The van der Waals surface area contributed by atoms with Crippen molar-refractivity contribution in [2.24, 2.45) is 0 Å². The molecule has 0 saturated heterocycles. The average molecular weight is 155 g/mol. The Morgan fingerprint density at radius 1 is 1.73 bits per heavy atom. The number of carbonyl (C=O) groups is 1. The molecule has 1 N–H and O–H groups in total. The van der Waals surface area contributed by atoms with Crippen molar-refractivity contribution in [2.75, 3.05) is 19.4 Å². The zero-order valence-corrected chi connectivity index (χ0v) is 6.37. The molecule has 2 amide bonds. The van der Waals surface area contributed by atoms with E-state index in [2.05, 4.69) is 15.0 Å². The number of nitrogens with one attached hydrogen (secondary N) is 1. The highest BCUT2D eigenvalue weighted by Gasteiger charge is 2.04. The zero-order chi connectivity index (χ0) is 8.27. The summed E-state index contributed by atoms with van der Waals surface area (Å²) in [4.78, 5) is 12.4. The summed E-state index contributed by atoms with van der Waals surface area (Å²) in [6.45, 7) is 0. The van der Waals surface area contributed by atoms with E-state index in [0.29, 0.717) is 5.82 Å². The van der Waals surface area contributed by atoms with Crippen LogP contribution in [0.5, 0.6) is 0 Å². The van der Waals surface area contributed by atoms with Gasteiger partial charge in [0.15, 0.2) is 5.82 Å². The minimum absolute atomic E-state index is 0.223. The van der Waals surface area contributed by atoms with Crippen LogP contribution in [0.1, 0.15) is 0 Å². The van der Waals surface area contributed by atoms with E-state index in [-0.39, 0.29) is 6.03 Å². The Hall–Kier alpha value is -1.52. The Bertz CT molecular complexity index is 230. The first-order valence-electron chi connectivity index (χ1n) is 3.09. The van der Waals surface area contributed by atoms with Crippen LogP contribution in [0.15, 0.2) is 16.9 Å². The summed E-state index contributed by atoms with van der Waals surface area (Å²) < 4.78 is 4.51. The molecule has 0 aliphatic rings. The van der Waals surface area contributed by atoms with E-state index >= 15 is 0 Å². The largest absolute Gasteiger partial charge is 0.363 e. The van der Waals surface area contributed by atoms with E-state index in [4.69, 9.17) is 0 Å². The maximum Gasteiger partial charge on any atom is 0.322 e. The Kier molecular flexibility index (Phi) is 2.10. The Morgan fingerprint density at radius 3 is 2.91 bits per heavy atom. The molecule has 0 atom stereocenters. The summed E-state index contributed by atoms with van der Waals surface area (Å²) in [5, 5.41) is 6.01. The van der Waals surface area contributed by atoms with E-state index < -0.39 is 0 Å². The van der Waals surface area contributed by atoms with E-state index in [1.165, 1.54) is 11.2 Å². The molecule has 0 fully saturated rings. The number of aromatic nitrogens is 1. The highest BCUT2D eigenvalue weighted by molar-refractivity contribution is 5.87. The van der Waals surface area contributed by atoms with Crippen molar-refractivity contribution in [2.45, 2.75) is 0 Å². The Morgan fingerprint density at radius 2 is 2.45 bits per heavy atom. The van der Waals surface area contributed by atoms with Crippen LogP contribution in [-0.2, 0) is 0 Å². The predicted octanol–water partition coefficient (Wildman–Crippen LogP) is 0.768. The molecule has 1 aromatic heterocycles. The summed E-state index contributed by atoms with van der Waals surface area (Å²) in [6, 6.07) is 1.35. The molecular weight excluding hydrogens is 146 g/mol. The van der Waals surface area contributed by atoms with Gasteiger partial charge in [0.2, 0.25) is 0 Å². The van der Waals surface area contributed by atoms with Crippen molar-refractivity contribution >= 4 is 11.8 Å². The van der Waals surface area contributed by atoms with Crippen LogP contribution in [0.3, 0.4) is 0 Å². The molecule has 1 aromatic rings. The van der Waals surface area contributed by atoms with Crippen LogP contribution < -0.4 is 5.32 Å². The summed E-state index contributed by atoms with van der Waals surface area (Å²) >= 11 is 0. The molecule has 0 aliphatic heterocycles. The fourth-order valence-corrected chi connectivity index (χ4v) is 0.498. The second-order valence-electron chi connectivity index (χ2n) is 2.21. The molecule has 1 rings (SSSR count). The minimum atomic E-state index is -0.223. The molecule has 1 heterocycles.